The Bertz CT molecular complexity index is 97.7. The van der Waals surface area contributed by atoms with Crippen LogP contribution >= 0.6 is 0 Å². The van der Waals surface area contributed by atoms with E-state index in [0.717, 1.165) is 13.0 Å². The molecule has 0 aromatic heterocycles. The predicted octanol–water partition coefficient (Wildman–Crippen LogP) is 2.09. The van der Waals surface area contributed by atoms with Crippen LogP contribution in [0, 0.1) is 0 Å². The van der Waals surface area contributed by atoms with Crippen LogP contribution in [-0.2, 0) is 4.74 Å². The molecule has 0 rings (SSSR count). The quantitative estimate of drug-likeness (QED) is 0.473. The zero-order valence-electron chi connectivity index (χ0n) is 7.42. The highest BCUT2D eigenvalue weighted by Gasteiger charge is 1.85. The minimum Gasteiger partial charge on any atom is -0.501 e. The van der Waals surface area contributed by atoms with E-state index < -0.39 is 6.10 Å². The number of hydrogen-bond acceptors (Lipinski definition) is 2. The molecule has 2 nitrogen and oxygen atoms in total. The van der Waals surface area contributed by atoms with Crippen LogP contribution in [0.15, 0.2) is 12.3 Å². The van der Waals surface area contributed by atoms with E-state index in [-0.39, 0.29) is 0 Å². The molecule has 0 aromatic rings. The van der Waals surface area contributed by atoms with Gasteiger partial charge in [-0.25, -0.2) is 0 Å². The molecule has 0 aromatic carbocycles. The van der Waals surface area contributed by atoms with E-state index in [1.807, 2.05) is 0 Å². The molecule has 1 unspecified atom stereocenters. The Morgan fingerprint density at radius 2 is 2.18 bits per heavy atom. The second kappa shape index (κ2) is 7.61. The summed E-state index contributed by atoms with van der Waals surface area (Å²) in [5.41, 5.74) is 0. The summed E-state index contributed by atoms with van der Waals surface area (Å²) < 4.78 is 5.11. The lowest BCUT2D eigenvalue weighted by Gasteiger charge is -1.99. The molecule has 0 spiro atoms. The van der Waals surface area contributed by atoms with E-state index in [1.54, 1.807) is 19.3 Å². The van der Waals surface area contributed by atoms with Gasteiger partial charge in [0.2, 0.25) is 0 Å². The van der Waals surface area contributed by atoms with Gasteiger partial charge in [0.05, 0.1) is 19.0 Å². The van der Waals surface area contributed by atoms with Gasteiger partial charge < -0.3 is 9.84 Å². The average molecular weight is 158 g/mol. The Hall–Kier alpha value is -0.500. The number of rotatable bonds is 6. The minimum atomic E-state index is -0.402. The summed E-state index contributed by atoms with van der Waals surface area (Å²) in [5.74, 6) is 0. The molecule has 66 valence electrons. The molecule has 1 atom stereocenters. The van der Waals surface area contributed by atoms with Crippen molar-refractivity contribution in [2.75, 3.05) is 6.61 Å². The molecule has 1 N–H and O–H groups in total. The Balaban J connectivity index is 3.01. The zero-order chi connectivity index (χ0) is 8.53. The summed E-state index contributed by atoms with van der Waals surface area (Å²) in [6.07, 6.45) is 6.32. The second-order valence-electron chi connectivity index (χ2n) is 2.65. The Labute approximate surface area is 68.9 Å². The van der Waals surface area contributed by atoms with Gasteiger partial charge >= 0.3 is 0 Å². The summed E-state index contributed by atoms with van der Waals surface area (Å²) in [5, 5.41) is 8.79. The van der Waals surface area contributed by atoms with Crippen molar-refractivity contribution in [3.8, 4) is 0 Å². The summed E-state index contributed by atoms with van der Waals surface area (Å²) >= 11 is 0. The first-order valence-electron chi connectivity index (χ1n) is 4.23. The van der Waals surface area contributed by atoms with Gasteiger partial charge in [-0.05, 0) is 19.4 Å². The molecular formula is C9H18O2. The summed E-state index contributed by atoms with van der Waals surface area (Å²) in [4.78, 5) is 0. The van der Waals surface area contributed by atoms with Gasteiger partial charge in [0.1, 0.15) is 0 Å². The third-order valence-corrected chi connectivity index (χ3v) is 1.32. The van der Waals surface area contributed by atoms with Gasteiger partial charge in [0.15, 0.2) is 0 Å². The zero-order valence-corrected chi connectivity index (χ0v) is 7.42. The molecule has 0 aliphatic rings. The third-order valence-electron chi connectivity index (χ3n) is 1.32. The molecule has 0 bridgehead atoms. The topological polar surface area (TPSA) is 29.5 Å². The Morgan fingerprint density at radius 1 is 1.45 bits per heavy atom. The first-order chi connectivity index (χ1) is 5.27. The van der Waals surface area contributed by atoms with Crippen molar-refractivity contribution in [2.45, 2.75) is 39.2 Å². The van der Waals surface area contributed by atoms with Gasteiger partial charge in [-0.3, -0.25) is 0 Å². The number of ether oxygens (including phenoxy) is 1. The van der Waals surface area contributed by atoms with Crippen LogP contribution in [-0.4, -0.2) is 17.8 Å². The monoisotopic (exact) mass is 158 g/mol. The lowest BCUT2D eigenvalue weighted by atomic mass is 10.3. The molecule has 0 heterocycles. The minimum absolute atomic E-state index is 0.402. The van der Waals surface area contributed by atoms with Crippen molar-refractivity contribution in [2.24, 2.45) is 0 Å². The highest BCUT2D eigenvalue weighted by atomic mass is 16.5. The van der Waals surface area contributed by atoms with Crippen molar-refractivity contribution in [1.29, 1.82) is 0 Å². The van der Waals surface area contributed by atoms with Crippen LogP contribution in [0.2, 0.25) is 0 Å². The molecule has 0 fully saturated rings. The van der Waals surface area contributed by atoms with Crippen molar-refractivity contribution in [3.05, 3.63) is 12.3 Å². The van der Waals surface area contributed by atoms with E-state index >= 15 is 0 Å². The molecular weight excluding hydrogens is 140 g/mol. The van der Waals surface area contributed by atoms with E-state index in [2.05, 4.69) is 6.92 Å². The van der Waals surface area contributed by atoms with Crippen LogP contribution in [0.4, 0.5) is 0 Å². The number of aliphatic hydroxyl groups is 1. The molecule has 0 saturated carbocycles. The van der Waals surface area contributed by atoms with Crippen molar-refractivity contribution in [1.82, 2.24) is 0 Å². The van der Waals surface area contributed by atoms with Gasteiger partial charge in [-0.2, -0.15) is 0 Å². The standard InChI is InChI=1S/C9H18O2/c1-3-4-5-7-11-8-6-9(2)10/h6,8-10H,3-5,7H2,1-2H3. The molecule has 0 amide bonds. The molecule has 2 heteroatoms. The molecule has 0 aliphatic carbocycles. The maximum Gasteiger partial charge on any atom is 0.0873 e. The third kappa shape index (κ3) is 9.50. The lowest BCUT2D eigenvalue weighted by Crippen LogP contribution is -1.93. The summed E-state index contributed by atoms with van der Waals surface area (Å²) in [6.45, 7) is 4.62. The smallest absolute Gasteiger partial charge is 0.0873 e. The number of unbranched alkanes of at least 4 members (excludes halogenated alkanes) is 2. The second-order valence-corrected chi connectivity index (χ2v) is 2.65. The van der Waals surface area contributed by atoms with Gasteiger partial charge in [0, 0.05) is 0 Å². The fraction of sp³-hybridized carbons (Fsp3) is 0.778. The van der Waals surface area contributed by atoms with Crippen LogP contribution in [0.25, 0.3) is 0 Å². The van der Waals surface area contributed by atoms with E-state index in [0.29, 0.717) is 0 Å². The largest absolute Gasteiger partial charge is 0.501 e. The average Bonchev–Trinajstić information content (AvgIpc) is 1.96. The SMILES string of the molecule is CCCCCOC=CC(C)O. The van der Waals surface area contributed by atoms with Crippen LogP contribution in [0.3, 0.4) is 0 Å². The Kier molecular flexibility index (Phi) is 7.26. The highest BCUT2D eigenvalue weighted by Crippen LogP contribution is 1.94. The maximum absolute atomic E-state index is 8.79. The number of aliphatic hydroxyl groups excluding tert-OH is 1. The van der Waals surface area contributed by atoms with Crippen molar-refractivity contribution < 1.29 is 9.84 Å². The first-order valence-corrected chi connectivity index (χ1v) is 4.23. The highest BCUT2D eigenvalue weighted by molar-refractivity contribution is 4.79. The van der Waals surface area contributed by atoms with Gasteiger partial charge in [-0.15, -0.1) is 0 Å². The van der Waals surface area contributed by atoms with Crippen molar-refractivity contribution in [3.63, 3.8) is 0 Å². The van der Waals surface area contributed by atoms with Crippen LogP contribution in [0.5, 0.6) is 0 Å². The fourth-order valence-corrected chi connectivity index (χ4v) is 0.673. The van der Waals surface area contributed by atoms with E-state index in [1.165, 1.54) is 12.8 Å². The van der Waals surface area contributed by atoms with Gasteiger partial charge in [-0.1, -0.05) is 19.8 Å². The molecule has 11 heavy (non-hydrogen) atoms. The summed E-state index contributed by atoms with van der Waals surface area (Å²) in [7, 11) is 0. The number of hydrogen-bond donors (Lipinski definition) is 1. The molecule has 0 radical (unpaired) electrons. The van der Waals surface area contributed by atoms with Crippen LogP contribution < -0.4 is 0 Å². The van der Waals surface area contributed by atoms with Gasteiger partial charge in [0.25, 0.3) is 0 Å². The van der Waals surface area contributed by atoms with E-state index in [9.17, 15) is 0 Å². The molecule has 0 aliphatic heterocycles. The Morgan fingerprint density at radius 3 is 2.73 bits per heavy atom. The fourth-order valence-electron chi connectivity index (χ4n) is 0.673. The first kappa shape index (κ1) is 10.5. The normalized spacial score (nSPS) is 13.7. The summed E-state index contributed by atoms with van der Waals surface area (Å²) in [6, 6.07) is 0. The van der Waals surface area contributed by atoms with Crippen molar-refractivity contribution >= 4 is 0 Å². The lowest BCUT2D eigenvalue weighted by molar-refractivity contribution is 0.216. The maximum atomic E-state index is 8.79. The van der Waals surface area contributed by atoms with Crippen LogP contribution in [0.1, 0.15) is 33.1 Å². The van der Waals surface area contributed by atoms with E-state index in [4.69, 9.17) is 9.84 Å². The predicted molar refractivity (Wildman–Crippen MR) is 46.3 cm³/mol. The molecule has 0 saturated heterocycles.